The van der Waals surface area contributed by atoms with Gasteiger partial charge in [0.2, 0.25) is 5.91 Å². The zero-order valence-electron chi connectivity index (χ0n) is 10.6. The molecule has 100 valence electrons. The van der Waals surface area contributed by atoms with Crippen molar-refractivity contribution in [1.29, 1.82) is 0 Å². The minimum Gasteiger partial charge on any atom is -0.480 e. The number of hydrogen-bond acceptors (Lipinski definition) is 4. The van der Waals surface area contributed by atoms with Gasteiger partial charge in [0, 0.05) is 12.5 Å². The van der Waals surface area contributed by atoms with Gasteiger partial charge < -0.3 is 21.3 Å². The van der Waals surface area contributed by atoms with Crippen molar-refractivity contribution in [2.75, 3.05) is 6.61 Å². The summed E-state index contributed by atoms with van der Waals surface area (Å²) in [4.78, 5) is 22.0. The van der Waals surface area contributed by atoms with Crippen molar-refractivity contribution in [3.05, 3.63) is 0 Å². The van der Waals surface area contributed by atoms with E-state index in [-0.39, 0.29) is 17.9 Å². The van der Waals surface area contributed by atoms with Gasteiger partial charge in [0.05, 0.1) is 6.61 Å². The molecule has 0 fully saturated rings. The summed E-state index contributed by atoms with van der Waals surface area (Å²) in [6.45, 7) is 5.41. The van der Waals surface area contributed by atoms with Crippen molar-refractivity contribution in [1.82, 2.24) is 5.32 Å². The molecule has 0 bridgehead atoms. The molecule has 0 aliphatic rings. The Kier molecular flexibility index (Phi) is 6.12. The molecule has 5 N–H and O–H groups in total. The second-order valence-electron chi connectivity index (χ2n) is 5.37. The number of aliphatic carboxylic acids is 1. The molecule has 0 aliphatic heterocycles. The van der Waals surface area contributed by atoms with Crippen LogP contribution in [-0.2, 0) is 9.59 Å². The van der Waals surface area contributed by atoms with Gasteiger partial charge in [0.15, 0.2) is 0 Å². The van der Waals surface area contributed by atoms with Crippen LogP contribution in [0.25, 0.3) is 0 Å². The predicted molar refractivity (Wildman–Crippen MR) is 63.3 cm³/mol. The summed E-state index contributed by atoms with van der Waals surface area (Å²) in [7, 11) is 0. The first-order valence-corrected chi connectivity index (χ1v) is 5.54. The van der Waals surface area contributed by atoms with Crippen LogP contribution < -0.4 is 11.1 Å². The Bertz CT molecular complexity index is 273. The van der Waals surface area contributed by atoms with E-state index in [0.717, 1.165) is 0 Å². The van der Waals surface area contributed by atoms with Crippen LogP contribution in [0.5, 0.6) is 0 Å². The van der Waals surface area contributed by atoms with Gasteiger partial charge in [-0.3, -0.25) is 4.79 Å². The summed E-state index contributed by atoms with van der Waals surface area (Å²) in [5.41, 5.74) is 5.80. The molecule has 0 aromatic heterocycles. The molecular formula is C11H22N2O4. The highest BCUT2D eigenvalue weighted by Gasteiger charge is 2.22. The van der Waals surface area contributed by atoms with Crippen LogP contribution in [-0.4, -0.2) is 40.8 Å². The van der Waals surface area contributed by atoms with E-state index < -0.39 is 24.5 Å². The molecule has 0 aromatic carbocycles. The maximum Gasteiger partial charge on any atom is 0.328 e. The van der Waals surface area contributed by atoms with Gasteiger partial charge in [-0.25, -0.2) is 4.79 Å². The lowest BCUT2D eigenvalue weighted by Crippen LogP contribution is -2.45. The number of carbonyl (C=O) groups is 2. The standard InChI is InChI=1S/C11H22N2O4/c1-11(2,3)5-7(12)4-9(15)13-8(6-14)10(16)17/h7-8,14H,4-6,12H2,1-3H3,(H,13,15)(H,16,17). The lowest BCUT2D eigenvalue weighted by molar-refractivity contribution is -0.143. The third-order valence-corrected chi connectivity index (χ3v) is 2.14. The van der Waals surface area contributed by atoms with Crippen LogP contribution in [0.3, 0.4) is 0 Å². The minimum absolute atomic E-state index is 0.0167. The molecule has 6 nitrogen and oxygen atoms in total. The first kappa shape index (κ1) is 15.9. The lowest BCUT2D eigenvalue weighted by Gasteiger charge is -2.23. The molecule has 6 heteroatoms. The van der Waals surface area contributed by atoms with E-state index in [1.165, 1.54) is 0 Å². The molecule has 2 unspecified atom stereocenters. The summed E-state index contributed by atoms with van der Waals surface area (Å²) < 4.78 is 0. The molecule has 1 amide bonds. The van der Waals surface area contributed by atoms with Crippen molar-refractivity contribution < 1.29 is 19.8 Å². The van der Waals surface area contributed by atoms with Crippen LogP contribution in [0.2, 0.25) is 0 Å². The number of carbonyl (C=O) groups excluding carboxylic acids is 1. The van der Waals surface area contributed by atoms with Crippen molar-refractivity contribution in [3.8, 4) is 0 Å². The van der Waals surface area contributed by atoms with Gasteiger partial charge in [0.1, 0.15) is 6.04 Å². The molecule has 0 saturated carbocycles. The minimum atomic E-state index is -1.26. The second kappa shape index (κ2) is 6.56. The molecular weight excluding hydrogens is 224 g/mol. The van der Waals surface area contributed by atoms with E-state index in [1.807, 2.05) is 20.8 Å². The third-order valence-electron chi connectivity index (χ3n) is 2.14. The zero-order valence-corrected chi connectivity index (χ0v) is 10.6. The van der Waals surface area contributed by atoms with E-state index in [9.17, 15) is 9.59 Å². The number of carboxylic acid groups (broad SMARTS) is 1. The summed E-state index contributed by atoms with van der Waals surface area (Å²) in [5.74, 6) is -1.71. The quantitative estimate of drug-likeness (QED) is 0.514. The summed E-state index contributed by atoms with van der Waals surface area (Å²) in [6, 6.07) is -1.58. The average Bonchev–Trinajstić information content (AvgIpc) is 2.09. The number of amides is 1. The Morgan fingerprint density at radius 2 is 1.88 bits per heavy atom. The Balaban J connectivity index is 4.13. The van der Waals surface area contributed by atoms with E-state index in [1.54, 1.807) is 0 Å². The fraction of sp³-hybridized carbons (Fsp3) is 0.818. The largest absolute Gasteiger partial charge is 0.480 e. The predicted octanol–water partition coefficient (Wildman–Crippen LogP) is -0.298. The van der Waals surface area contributed by atoms with Gasteiger partial charge >= 0.3 is 5.97 Å². The maximum absolute atomic E-state index is 11.4. The van der Waals surface area contributed by atoms with Crippen LogP contribution >= 0.6 is 0 Å². The first-order chi connectivity index (χ1) is 7.65. The normalized spacial score (nSPS) is 15.1. The smallest absolute Gasteiger partial charge is 0.328 e. The molecule has 0 aliphatic carbocycles. The fourth-order valence-electron chi connectivity index (χ4n) is 1.54. The highest BCUT2D eigenvalue weighted by atomic mass is 16.4. The number of carboxylic acids is 1. The SMILES string of the molecule is CC(C)(C)CC(N)CC(=O)NC(CO)C(=O)O. The van der Waals surface area contributed by atoms with Crippen molar-refractivity contribution >= 4 is 11.9 Å². The van der Waals surface area contributed by atoms with Crippen LogP contribution in [0.1, 0.15) is 33.6 Å². The molecule has 0 heterocycles. The van der Waals surface area contributed by atoms with E-state index in [2.05, 4.69) is 5.32 Å². The monoisotopic (exact) mass is 246 g/mol. The highest BCUT2D eigenvalue weighted by molar-refractivity contribution is 5.83. The molecule has 0 rings (SSSR count). The summed E-state index contributed by atoms with van der Waals surface area (Å²) in [6.07, 6.45) is 0.721. The number of hydrogen-bond donors (Lipinski definition) is 4. The Labute approximate surface area is 101 Å². The Morgan fingerprint density at radius 1 is 1.35 bits per heavy atom. The fourth-order valence-corrected chi connectivity index (χ4v) is 1.54. The van der Waals surface area contributed by atoms with Crippen molar-refractivity contribution in [2.45, 2.75) is 45.7 Å². The Hall–Kier alpha value is -1.14. The molecule has 17 heavy (non-hydrogen) atoms. The number of aliphatic hydroxyl groups excluding tert-OH is 1. The van der Waals surface area contributed by atoms with Gasteiger partial charge in [-0.15, -0.1) is 0 Å². The van der Waals surface area contributed by atoms with E-state index in [4.69, 9.17) is 15.9 Å². The maximum atomic E-state index is 11.4. The van der Waals surface area contributed by atoms with Crippen LogP contribution in [0, 0.1) is 5.41 Å². The molecule has 0 saturated heterocycles. The zero-order chi connectivity index (χ0) is 13.6. The molecule has 0 radical (unpaired) electrons. The number of rotatable bonds is 6. The molecule has 0 aromatic rings. The van der Waals surface area contributed by atoms with Crippen LogP contribution in [0.15, 0.2) is 0 Å². The van der Waals surface area contributed by atoms with Gasteiger partial charge in [-0.1, -0.05) is 20.8 Å². The van der Waals surface area contributed by atoms with E-state index >= 15 is 0 Å². The molecule has 0 spiro atoms. The van der Waals surface area contributed by atoms with E-state index in [0.29, 0.717) is 6.42 Å². The summed E-state index contributed by atoms with van der Waals surface area (Å²) in [5, 5.41) is 19.6. The number of nitrogens with two attached hydrogens (primary N) is 1. The topological polar surface area (TPSA) is 113 Å². The van der Waals surface area contributed by atoms with Crippen LogP contribution in [0.4, 0.5) is 0 Å². The summed E-state index contributed by atoms with van der Waals surface area (Å²) >= 11 is 0. The highest BCUT2D eigenvalue weighted by Crippen LogP contribution is 2.20. The van der Waals surface area contributed by atoms with Gasteiger partial charge in [-0.05, 0) is 11.8 Å². The third kappa shape index (κ3) is 7.70. The average molecular weight is 246 g/mol. The van der Waals surface area contributed by atoms with Gasteiger partial charge in [-0.2, -0.15) is 0 Å². The van der Waals surface area contributed by atoms with Crippen molar-refractivity contribution in [3.63, 3.8) is 0 Å². The first-order valence-electron chi connectivity index (χ1n) is 5.54. The van der Waals surface area contributed by atoms with Crippen molar-refractivity contribution in [2.24, 2.45) is 11.1 Å². The molecule has 2 atom stereocenters. The lowest BCUT2D eigenvalue weighted by atomic mass is 9.87. The number of aliphatic hydroxyl groups is 1. The number of nitrogens with one attached hydrogen (secondary N) is 1. The Morgan fingerprint density at radius 3 is 2.24 bits per heavy atom. The van der Waals surface area contributed by atoms with Gasteiger partial charge in [0.25, 0.3) is 0 Å². The second-order valence-corrected chi connectivity index (χ2v) is 5.37.